The van der Waals surface area contributed by atoms with E-state index in [-0.39, 0.29) is 0 Å². The molecule has 0 aliphatic heterocycles. The number of rotatable bonds is 7. The molecule has 0 saturated heterocycles. The zero-order chi connectivity index (χ0) is 13.5. The number of ether oxygens (including phenoxy) is 1. The number of nitrogens with two attached hydrogens (primary N) is 1. The molecule has 2 N–H and O–H groups in total. The van der Waals surface area contributed by atoms with E-state index in [9.17, 15) is 0 Å². The van der Waals surface area contributed by atoms with Crippen LogP contribution in [0.15, 0.2) is 18.2 Å². The maximum absolute atomic E-state index is 6.22. The lowest BCUT2D eigenvalue weighted by atomic mass is 10.1. The molecule has 1 atom stereocenters. The van der Waals surface area contributed by atoms with Crippen molar-refractivity contribution in [3.63, 3.8) is 0 Å². The largest absolute Gasteiger partial charge is 0.383 e. The van der Waals surface area contributed by atoms with E-state index < -0.39 is 0 Å². The van der Waals surface area contributed by atoms with Crippen molar-refractivity contribution in [1.29, 1.82) is 0 Å². The van der Waals surface area contributed by atoms with Gasteiger partial charge in [-0.15, -0.1) is 0 Å². The van der Waals surface area contributed by atoms with E-state index in [0.29, 0.717) is 19.2 Å². The minimum absolute atomic E-state index is 0.434. The SMILES string of the molecule is CCC(C)N(CCOC)c1cccc(Cl)c1CN. The predicted molar refractivity (Wildman–Crippen MR) is 78.3 cm³/mol. The molecule has 3 nitrogen and oxygen atoms in total. The Morgan fingerprint density at radius 1 is 1.44 bits per heavy atom. The van der Waals surface area contributed by atoms with Gasteiger partial charge in [-0.25, -0.2) is 0 Å². The molecule has 0 aliphatic rings. The molecular formula is C14H23ClN2O. The van der Waals surface area contributed by atoms with E-state index in [1.807, 2.05) is 12.1 Å². The van der Waals surface area contributed by atoms with Crippen LogP contribution >= 0.6 is 11.6 Å². The topological polar surface area (TPSA) is 38.5 Å². The normalized spacial score (nSPS) is 12.5. The van der Waals surface area contributed by atoms with Crippen molar-refractivity contribution in [2.45, 2.75) is 32.9 Å². The molecule has 0 bridgehead atoms. The zero-order valence-electron chi connectivity index (χ0n) is 11.4. The van der Waals surface area contributed by atoms with Gasteiger partial charge in [-0.1, -0.05) is 24.6 Å². The highest BCUT2D eigenvalue weighted by molar-refractivity contribution is 6.31. The number of anilines is 1. The number of hydrogen-bond donors (Lipinski definition) is 1. The second-order valence-corrected chi connectivity index (χ2v) is 4.79. The number of methoxy groups -OCH3 is 1. The van der Waals surface area contributed by atoms with Crippen molar-refractivity contribution in [3.8, 4) is 0 Å². The molecule has 4 heteroatoms. The lowest BCUT2D eigenvalue weighted by Crippen LogP contribution is -2.36. The summed E-state index contributed by atoms with van der Waals surface area (Å²) in [5.74, 6) is 0. The average Bonchev–Trinajstić information content (AvgIpc) is 2.39. The summed E-state index contributed by atoms with van der Waals surface area (Å²) in [5.41, 5.74) is 7.95. The fourth-order valence-electron chi connectivity index (χ4n) is 2.01. The maximum atomic E-state index is 6.22. The van der Waals surface area contributed by atoms with Crippen molar-refractivity contribution < 1.29 is 4.74 Å². The Labute approximate surface area is 115 Å². The molecule has 0 aromatic heterocycles. The van der Waals surface area contributed by atoms with E-state index in [1.54, 1.807) is 7.11 Å². The lowest BCUT2D eigenvalue weighted by molar-refractivity contribution is 0.203. The van der Waals surface area contributed by atoms with Crippen LogP contribution in [0.3, 0.4) is 0 Å². The van der Waals surface area contributed by atoms with Crippen molar-refractivity contribution in [2.75, 3.05) is 25.2 Å². The summed E-state index contributed by atoms with van der Waals surface area (Å²) in [4.78, 5) is 2.32. The Bertz CT molecular complexity index is 371. The third kappa shape index (κ3) is 3.61. The molecule has 0 heterocycles. The Hall–Kier alpha value is -0.770. The van der Waals surface area contributed by atoms with Crippen LogP contribution < -0.4 is 10.6 Å². The first-order valence-electron chi connectivity index (χ1n) is 6.38. The highest BCUT2D eigenvalue weighted by Gasteiger charge is 2.17. The standard InChI is InChI=1S/C14H23ClN2O/c1-4-11(2)17(8-9-18-3)14-7-5-6-13(15)12(14)10-16/h5-7,11H,4,8-10,16H2,1-3H3. The fourth-order valence-corrected chi connectivity index (χ4v) is 2.25. The number of halogens is 1. The van der Waals surface area contributed by atoms with Crippen LogP contribution in [-0.2, 0) is 11.3 Å². The molecule has 1 unspecified atom stereocenters. The molecule has 0 radical (unpaired) electrons. The summed E-state index contributed by atoms with van der Waals surface area (Å²) in [7, 11) is 1.72. The van der Waals surface area contributed by atoms with Crippen LogP contribution in [0.1, 0.15) is 25.8 Å². The van der Waals surface area contributed by atoms with Gasteiger partial charge in [-0.3, -0.25) is 0 Å². The summed E-state index contributed by atoms with van der Waals surface area (Å²) in [5, 5.41) is 0.737. The predicted octanol–water partition coefficient (Wildman–Crippen LogP) is 3.05. The fraction of sp³-hybridized carbons (Fsp3) is 0.571. The first kappa shape index (κ1) is 15.3. The van der Waals surface area contributed by atoms with Crippen molar-refractivity contribution >= 4 is 17.3 Å². The molecular weight excluding hydrogens is 248 g/mol. The maximum Gasteiger partial charge on any atom is 0.0637 e. The van der Waals surface area contributed by atoms with E-state index in [4.69, 9.17) is 22.1 Å². The minimum atomic E-state index is 0.434. The summed E-state index contributed by atoms with van der Waals surface area (Å²) in [6.45, 7) is 6.38. The van der Waals surface area contributed by atoms with Gasteiger partial charge >= 0.3 is 0 Å². The van der Waals surface area contributed by atoms with Crippen molar-refractivity contribution in [2.24, 2.45) is 5.73 Å². The van der Waals surface area contributed by atoms with E-state index in [1.165, 1.54) is 0 Å². The number of nitrogens with zero attached hydrogens (tertiary/aromatic N) is 1. The summed E-state index contributed by atoms with van der Waals surface area (Å²) in [6.07, 6.45) is 1.07. The molecule has 1 rings (SSSR count). The molecule has 18 heavy (non-hydrogen) atoms. The number of benzene rings is 1. The minimum Gasteiger partial charge on any atom is -0.383 e. The van der Waals surface area contributed by atoms with E-state index in [2.05, 4.69) is 24.8 Å². The van der Waals surface area contributed by atoms with Crippen LogP contribution in [0.2, 0.25) is 5.02 Å². The number of hydrogen-bond acceptors (Lipinski definition) is 3. The molecule has 102 valence electrons. The van der Waals surface area contributed by atoms with Crippen LogP contribution in [0.5, 0.6) is 0 Å². The summed E-state index contributed by atoms with van der Waals surface area (Å²) in [6, 6.07) is 6.37. The van der Waals surface area contributed by atoms with Gasteiger partial charge in [0.15, 0.2) is 0 Å². The Morgan fingerprint density at radius 2 is 2.17 bits per heavy atom. The van der Waals surface area contributed by atoms with E-state index >= 15 is 0 Å². The van der Waals surface area contributed by atoms with Gasteiger partial charge in [-0.05, 0) is 25.5 Å². The molecule has 0 amide bonds. The van der Waals surface area contributed by atoms with Gasteiger partial charge in [0.25, 0.3) is 0 Å². The van der Waals surface area contributed by atoms with Crippen molar-refractivity contribution in [1.82, 2.24) is 0 Å². The monoisotopic (exact) mass is 270 g/mol. The molecule has 1 aromatic carbocycles. The van der Waals surface area contributed by atoms with Crippen LogP contribution in [0, 0.1) is 0 Å². The molecule has 0 saturated carbocycles. The second-order valence-electron chi connectivity index (χ2n) is 4.39. The second kappa shape index (κ2) is 7.62. The van der Waals surface area contributed by atoms with Crippen LogP contribution in [0.25, 0.3) is 0 Å². The van der Waals surface area contributed by atoms with Crippen molar-refractivity contribution in [3.05, 3.63) is 28.8 Å². The highest BCUT2D eigenvalue weighted by Crippen LogP contribution is 2.29. The first-order chi connectivity index (χ1) is 8.65. The summed E-state index contributed by atoms with van der Waals surface area (Å²) < 4.78 is 5.19. The zero-order valence-corrected chi connectivity index (χ0v) is 12.2. The van der Waals surface area contributed by atoms with Gasteiger partial charge in [0, 0.05) is 42.5 Å². The smallest absolute Gasteiger partial charge is 0.0637 e. The molecule has 0 fully saturated rings. The quantitative estimate of drug-likeness (QED) is 0.828. The Kier molecular flexibility index (Phi) is 6.47. The Balaban J connectivity index is 3.07. The lowest BCUT2D eigenvalue weighted by Gasteiger charge is -2.32. The molecule has 0 spiro atoms. The molecule has 1 aromatic rings. The van der Waals surface area contributed by atoms with E-state index in [0.717, 1.165) is 29.2 Å². The van der Waals surface area contributed by atoms with Gasteiger partial charge in [0.2, 0.25) is 0 Å². The third-order valence-corrected chi connectivity index (χ3v) is 3.62. The van der Waals surface area contributed by atoms with Gasteiger partial charge in [-0.2, -0.15) is 0 Å². The average molecular weight is 271 g/mol. The van der Waals surface area contributed by atoms with Gasteiger partial charge in [0.05, 0.1) is 6.61 Å². The Morgan fingerprint density at radius 3 is 2.72 bits per heavy atom. The summed E-state index contributed by atoms with van der Waals surface area (Å²) >= 11 is 6.22. The highest BCUT2D eigenvalue weighted by atomic mass is 35.5. The van der Waals surface area contributed by atoms with Gasteiger partial charge in [0.1, 0.15) is 0 Å². The van der Waals surface area contributed by atoms with Crippen LogP contribution in [0.4, 0.5) is 5.69 Å². The van der Waals surface area contributed by atoms with Crippen LogP contribution in [-0.4, -0.2) is 26.3 Å². The van der Waals surface area contributed by atoms with Gasteiger partial charge < -0.3 is 15.4 Å². The third-order valence-electron chi connectivity index (χ3n) is 3.27. The first-order valence-corrected chi connectivity index (χ1v) is 6.76. The molecule has 0 aliphatic carbocycles.